The maximum Gasteiger partial charge on any atom is 0.244 e. The first-order chi connectivity index (χ1) is 13.1. The number of nitrogens with zero attached hydrogens (tertiary/aromatic N) is 4. The molecule has 0 bridgehead atoms. The molecule has 0 radical (unpaired) electrons. The highest BCUT2D eigenvalue weighted by Crippen LogP contribution is 2.33. The van der Waals surface area contributed by atoms with Crippen LogP contribution in [0.3, 0.4) is 0 Å². The monoisotopic (exact) mass is 364 g/mol. The zero-order chi connectivity index (χ0) is 18.8. The molecule has 2 atom stereocenters. The number of β-amino-alcohol motifs (C(OH)–C–C–N with tert-alkyl or cyclic N) is 1. The number of benzene rings is 1. The average molecular weight is 364 g/mol. The lowest BCUT2D eigenvalue weighted by Crippen LogP contribution is -2.24. The molecular formula is C21H24N4O2. The molecule has 0 spiro atoms. The van der Waals surface area contributed by atoms with Gasteiger partial charge >= 0.3 is 0 Å². The molecule has 2 unspecified atom stereocenters. The lowest BCUT2D eigenvalue weighted by molar-refractivity contribution is 0.169. The maximum absolute atomic E-state index is 10.2. The molecule has 1 N–H and O–H groups in total. The average Bonchev–Trinajstić information content (AvgIpc) is 3.30. The third-order valence-electron chi connectivity index (χ3n) is 4.94. The van der Waals surface area contributed by atoms with Gasteiger partial charge in [0.15, 0.2) is 5.82 Å². The second kappa shape index (κ2) is 7.58. The number of hydrogen-bond acceptors (Lipinski definition) is 6. The fraction of sp³-hybridized carbons (Fsp3) is 0.381. The number of rotatable bonds is 5. The Hall–Kier alpha value is -2.57. The molecule has 1 saturated heterocycles. The highest BCUT2D eigenvalue weighted by molar-refractivity contribution is 5.58. The van der Waals surface area contributed by atoms with E-state index in [1.54, 1.807) is 6.20 Å². The van der Waals surface area contributed by atoms with Gasteiger partial charge in [-0.15, -0.1) is 0 Å². The Morgan fingerprint density at radius 1 is 1.19 bits per heavy atom. The summed E-state index contributed by atoms with van der Waals surface area (Å²) in [5.74, 6) is 1.54. The summed E-state index contributed by atoms with van der Waals surface area (Å²) < 4.78 is 5.48. The molecule has 0 saturated carbocycles. The number of likely N-dealkylation sites (tertiary alicyclic amines) is 1. The highest BCUT2D eigenvalue weighted by atomic mass is 16.5. The summed E-state index contributed by atoms with van der Waals surface area (Å²) in [5, 5.41) is 14.2. The van der Waals surface area contributed by atoms with Crippen LogP contribution in [0.4, 0.5) is 0 Å². The van der Waals surface area contributed by atoms with Crippen LogP contribution in [0.15, 0.2) is 53.2 Å². The van der Waals surface area contributed by atoms with Gasteiger partial charge in [-0.25, -0.2) is 0 Å². The molecule has 0 amide bonds. The van der Waals surface area contributed by atoms with E-state index in [0.29, 0.717) is 24.7 Å². The second-order valence-electron chi connectivity index (χ2n) is 7.39. The molecule has 1 aromatic carbocycles. The Balaban J connectivity index is 1.50. The van der Waals surface area contributed by atoms with Crippen molar-refractivity contribution >= 4 is 0 Å². The lowest BCUT2D eigenvalue weighted by Gasteiger charge is -2.21. The predicted octanol–water partition coefficient (Wildman–Crippen LogP) is 3.56. The van der Waals surface area contributed by atoms with Crippen molar-refractivity contribution < 1.29 is 9.63 Å². The Kier molecular flexibility index (Phi) is 5.01. The summed E-state index contributed by atoms with van der Waals surface area (Å²) in [6.07, 6.45) is 2.04. The van der Waals surface area contributed by atoms with Crippen molar-refractivity contribution in [1.29, 1.82) is 0 Å². The number of aliphatic hydroxyl groups is 1. The van der Waals surface area contributed by atoms with Crippen LogP contribution in [0.5, 0.6) is 0 Å². The third kappa shape index (κ3) is 3.91. The Morgan fingerprint density at radius 3 is 2.67 bits per heavy atom. The number of aliphatic hydroxyl groups excluding tert-OH is 1. The largest absolute Gasteiger partial charge is 0.392 e. The SMILES string of the molecule is CC(C)c1noc(C2CC(O)CN2Cc2ccc(-c3ccccn3)cc2)n1. The van der Waals surface area contributed by atoms with E-state index in [9.17, 15) is 5.11 Å². The first-order valence-corrected chi connectivity index (χ1v) is 9.36. The van der Waals surface area contributed by atoms with Gasteiger partial charge in [-0.3, -0.25) is 9.88 Å². The van der Waals surface area contributed by atoms with Gasteiger partial charge in [0.2, 0.25) is 5.89 Å². The van der Waals surface area contributed by atoms with Crippen molar-refractivity contribution in [2.45, 2.75) is 44.9 Å². The molecule has 6 nitrogen and oxygen atoms in total. The molecule has 1 fully saturated rings. The predicted molar refractivity (Wildman–Crippen MR) is 102 cm³/mol. The standard InChI is InChI=1S/C21H24N4O2/c1-14(2)20-23-21(27-24-20)19-11-17(26)13-25(19)12-15-6-8-16(9-7-15)18-5-3-4-10-22-18/h3-10,14,17,19,26H,11-13H2,1-2H3. The van der Waals surface area contributed by atoms with Crippen LogP contribution in [0.2, 0.25) is 0 Å². The maximum atomic E-state index is 10.2. The summed E-state index contributed by atoms with van der Waals surface area (Å²) in [7, 11) is 0. The summed E-state index contributed by atoms with van der Waals surface area (Å²) in [6, 6.07) is 14.3. The molecule has 2 aromatic heterocycles. The highest BCUT2D eigenvalue weighted by Gasteiger charge is 2.36. The molecule has 3 heterocycles. The van der Waals surface area contributed by atoms with E-state index in [2.05, 4.69) is 44.3 Å². The summed E-state index contributed by atoms with van der Waals surface area (Å²) in [6.45, 7) is 5.41. The van der Waals surface area contributed by atoms with Crippen molar-refractivity contribution in [3.63, 3.8) is 0 Å². The zero-order valence-corrected chi connectivity index (χ0v) is 15.6. The van der Waals surface area contributed by atoms with Crippen LogP contribution in [0.25, 0.3) is 11.3 Å². The van der Waals surface area contributed by atoms with Crippen LogP contribution in [0, 0.1) is 0 Å². The van der Waals surface area contributed by atoms with Crippen LogP contribution >= 0.6 is 0 Å². The van der Waals surface area contributed by atoms with Crippen molar-refractivity contribution in [1.82, 2.24) is 20.0 Å². The van der Waals surface area contributed by atoms with Gasteiger partial charge in [0, 0.05) is 30.8 Å². The Morgan fingerprint density at radius 2 is 2.00 bits per heavy atom. The fourth-order valence-corrected chi connectivity index (χ4v) is 3.48. The summed E-state index contributed by atoms with van der Waals surface area (Å²) in [5.41, 5.74) is 3.24. The topological polar surface area (TPSA) is 75.3 Å². The van der Waals surface area contributed by atoms with E-state index in [1.807, 2.05) is 32.0 Å². The van der Waals surface area contributed by atoms with Gasteiger partial charge < -0.3 is 9.63 Å². The Bertz CT molecular complexity index is 877. The minimum Gasteiger partial charge on any atom is -0.392 e. The van der Waals surface area contributed by atoms with Gasteiger partial charge in [-0.05, 0) is 24.1 Å². The third-order valence-corrected chi connectivity index (χ3v) is 4.94. The van der Waals surface area contributed by atoms with E-state index in [0.717, 1.165) is 17.8 Å². The number of pyridine rings is 1. The van der Waals surface area contributed by atoms with Crippen LogP contribution in [-0.4, -0.2) is 37.8 Å². The first-order valence-electron chi connectivity index (χ1n) is 9.36. The van der Waals surface area contributed by atoms with Gasteiger partial charge in [-0.2, -0.15) is 4.98 Å². The quantitative estimate of drug-likeness (QED) is 0.746. The van der Waals surface area contributed by atoms with Crippen molar-refractivity contribution in [3.05, 3.63) is 65.9 Å². The van der Waals surface area contributed by atoms with E-state index in [-0.39, 0.29) is 18.1 Å². The smallest absolute Gasteiger partial charge is 0.244 e. The van der Waals surface area contributed by atoms with Gasteiger partial charge in [0.25, 0.3) is 0 Å². The number of hydrogen-bond donors (Lipinski definition) is 1. The molecule has 0 aliphatic carbocycles. The van der Waals surface area contributed by atoms with Crippen LogP contribution < -0.4 is 0 Å². The lowest BCUT2D eigenvalue weighted by atomic mass is 10.1. The normalized spacial score (nSPS) is 20.4. The van der Waals surface area contributed by atoms with E-state index in [4.69, 9.17) is 4.52 Å². The molecule has 3 aromatic rings. The minimum absolute atomic E-state index is 0.0459. The molecule has 1 aliphatic heterocycles. The van der Waals surface area contributed by atoms with E-state index >= 15 is 0 Å². The van der Waals surface area contributed by atoms with Gasteiger partial charge in [0.05, 0.1) is 17.8 Å². The fourth-order valence-electron chi connectivity index (χ4n) is 3.48. The molecule has 140 valence electrons. The second-order valence-corrected chi connectivity index (χ2v) is 7.39. The van der Waals surface area contributed by atoms with Gasteiger partial charge in [-0.1, -0.05) is 49.3 Å². The molecule has 27 heavy (non-hydrogen) atoms. The molecule has 6 heteroatoms. The Labute approximate surface area is 158 Å². The minimum atomic E-state index is -0.378. The van der Waals surface area contributed by atoms with Crippen molar-refractivity contribution in [2.75, 3.05) is 6.54 Å². The molecular weight excluding hydrogens is 340 g/mol. The van der Waals surface area contributed by atoms with Crippen molar-refractivity contribution in [3.8, 4) is 11.3 Å². The molecule has 4 rings (SSSR count). The van der Waals surface area contributed by atoms with Crippen LogP contribution in [-0.2, 0) is 6.54 Å². The van der Waals surface area contributed by atoms with Crippen LogP contribution in [0.1, 0.15) is 49.5 Å². The molecule has 1 aliphatic rings. The van der Waals surface area contributed by atoms with E-state index in [1.165, 1.54) is 5.56 Å². The summed E-state index contributed by atoms with van der Waals surface area (Å²) >= 11 is 0. The van der Waals surface area contributed by atoms with Crippen molar-refractivity contribution in [2.24, 2.45) is 0 Å². The van der Waals surface area contributed by atoms with E-state index < -0.39 is 0 Å². The summed E-state index contributed by atoms with van der Waals surface area (Å²) in [4.78, 5) is 11.1. The zero-order valence-electron chi connectivity index (χ0n) is 15.6. The first kappa shape index (κ1) is 17.8. The van der Waals surface area contributed by atoms with Gasteiger partial charge in [0.1, 0.15) is 0 Å². The number of aromatic nitrogens is 3.